The number of benzene rings is 1. The minimum atomic E-state index is 0.759. The highest BCUT2D eigenvalue weighted by atomic mass is 16.1. The molecule has 2 rings (SSSR count). The van der Waals surface area contributed by atoms with E-state index < -0.39 is 0 Å². The highest BCUT2D eigenvalue weighted by Crippen LogP contribution is 2.15. The normalized spacial score (nSPS) is 11.7. The highest BCUT2D eigenvalue weighted by Gasteiger charge is 1.94. The van der Waals surface area contributed by atoms with Crippen molar-refractivity contribution in [2.75, 3.05) is 0 Å². The minimum Gasteiger partial charge on any atom is -0.355 e. The largest absolute Gasteiger partial charge is 0.355 e. The van der Waals surface area contributed by atoms with Gasteiger partial charge in [0.25, 0.3) is 0 Å². The van der Waals surface area contributed by atoms with Gasteiger partial charge in [0.05, 0.1) is 0 Å². The van der Waals surface area contributed by atoms with Gasteiger partial charge in [0.1, 0.15) is 6.29 Å². The topological polar surface area (TPSA) is 32.9 Å². The SMILES string of the molecule is O=CC=CC=Cc1cc2ccccc2[nH]1. The zero-order valence-corrected chi connectivity index (χ0v) is 8.18. The zero-order valence-electron chi connectivity index (χ0n) is 8.18. The number of aromatic amines is 1. The average Bonchev–Trinajstić information content (AvgIpc) is 2.67. The molecule has 0 aliphatic rings. The number of fused-ring (bicyclic) bond motifs is 1. The molecule has 0 aliphatic carbocycles. The van der Waals surface area contributed by atoms with Crippen LogP contribution < -0.4 is 0 Å². The van der Waals surface area contributed by atoms with Crippen LogP contribution in [-0.2, 0) is 4.79 Å². The van der Waals surface area contributed by atoms with Gasteiger partial charge < -0.3 is 4.98 Å². The van der Waals surface area contributed by atoms with Crippen LogP contribution in [-0.4, -0.2) is 11.3 Å². The fourth-order valence-corrected chi connectivity index (χ4v) is 1.45. The molecule has 1 heterocycles. The summed E-state index contributed by atoms with van der Waals surface area (Å²) in [4.78, 5) is 13.3. The van der Waals surface area contributed by atoms with E-state index in [9.17, 15) is 4.79 Å². The van der Waals surface area contributed by atoms with Crippen LogP contribution in [0.5, 0.6) is 0 Å². The Kier molecular flexibility index (Phi) is 2.79. The lowest BCUT2D eigenvalue weighted by atomic mass is 10.2. The number of hydrogen-bond donors (Lipinski definition) is 1. The summed E-state index contributed by atoms with van der Waals surface area (Å²) in [7, 11) is 0. The summed E-state index contributed by atoms with van der Waals surface area (Å²) >= 11 is 0. The monoisotopic (exact) mass is 197 g/mol. The van der Waals surface area contributed by atoms with E-state index in [1.165, 1.54) is 11.5 Å². The molecule has 0 saturated carbocycles. The van der Waals surface area contributed by atoms with Crippen molar-refractivity contribution in [1.29, 1.82) is 0 Å². The lowest BCUT2D eigenvalue weighted by molar-refractivity contribution is -0.104. The third-order valence-electron chi connectivity index (χ3n) is 2.13. The second-order valence-electron chi connectivity index (χ2n) is 3.19. The Morgan fingerprint density at radius 1 is 1.07 bits per heavy atom. The van der Waals surface area contributed by atoms with E-state index >= 15 is 0 Å². The van der Waals surface area contributed by atoms with Gasteiger partial charge in [-0.3, -0.25) is 4.79 Å². The Balaban J connectivity index is 2.25. The summed E-state index contributed by atoms with van der Waals surface area (Å²) in [6.45, 7) is 0. The molecule has 0 atom stereocenters. The Hall–Kier alpha value is -2.09. The maximum atomic E-state index is 10.0. The van der Waals surface area contributed by atoms with Crippen molar-refractivity contribution in [3.63, 3.8) is 0 Å². The van der Waals surface area contributed by atoms with E-state index in [1.807, 2.05) is 30.4 Å². The Labute approximate surface area is 87.9 Å². The van der Waals surface area contributed by atoms with Crippen LogP contribution in [0.4, 0.5) is 0 Å². The molecule has 1 aromatic heterocycles. The number of para-hydroxylation sites is 1. The van der Waals surface area contributed by atoms with Gasteiger partial charge in [-0.1, -0.05) is 30.4 Å². The summed E-state index contributed by atoms with van der Waals surface area (Å²) < 4.78 is 0. The van der Waals surface area contributed by atoms with Gasteiger partial charge in [0, 0.05) is 11.2 Å². The molecule has 0 aliphatic heterocycles. The molecule has 2 aromatic rings. The number of aromatic nitrogens is 1. The molecule has 74 valence electrons. The maximum absolute atomic E-state index is 10.0. The molecule has 0 saturated heterocycles. The first-order chi connectivity index (χ1) is 7.40. The van der Waals surface area contributed by atoms with E-state index in [-0.39, 0.29) is 0 Å². The van der Waals surface area contributed by atoms with E-state index in [2.05, 4.69) is 17.1 Å². The number of hydrogen-bond acceptors (Lipinski definition) is 1. The number of allylic oxidation sites excluding steroid dienone is 3. The summed E-state index contributed by atoms with van der Waals surface area (Å²) in [5, 5.41) is 1.19. The fourth-order valence-electron chi connectivity index (χ4n) is 1.45. The van der Waals surface area contributed by atoms with Gasteiger partial charge in [-0.15, -0.1) is 0 Å². The van der Waals surface area contributed by atoms with Crippen LogP contribution in [0.25, 0.3) is 17.0 Å². The molecule has 1 aromatic carbocycles. The molecule has 15 heavy (non-hydrogen) atoms. The van der Waals surface area contributed by atoms with Gasteiger partial charge in [-0.2, -0.15) is 0 Å². The molecule has 0 bridgehead atoms. The lowest BCUT2D eigenvalue weighted by Gasteiger charge is -1.84. The third kappa shape index (κ3) is 2.23. The van der Waals surface area contributed by atoms with Gasteiger partial charge in [-0.05, 0) is 29.7 Å². The predicted molar refractivity (Wildman–Crippen MR) is 62.5 cm³/mol. The first-order valence-corrected chi connectivity index (χ1v) is 4.76. The standard InChI is InChI=1S/C13H11NO/c15-9-5-1-2-7-12-10-11-6-3-4-8-13(11)14-12/h1-10,14H. The Morgan fingerprint density at radius 2 is 1.93 bits per heavy atom. The molecule has 2 heteroatoms. The minimum absolute atomic E-state index is 0.759. The summed E-state index contributed by atoms with van der Waals surface area (Å²) in [5.41, 5.74) is 2.16. The van der Waals surface area contributed by atoms with Crippen LogP contribution in [0.3, 0.4) is 0 Å². The van der Waals surface area contributed by atoms with Crippen molar-refractivity contribution in [2.24, 2.45) is 0 Å². The van der Waals surface area contributed by atoms with Gasteiger partial charge in [-0.25, -0.2) is 0 Å². The van der Waals surface area contributed by atoms with Crippen LogP contribution in [0.2, 0.25) is 0 Å². The number of rotatable bonds is 3. The van der Waals surface area contributed by atoms with E-state index in [4.69, 9.17) is 0 Å². The molecule has 0 unspecified atom stereocenters. The van der Waals surface area contributed by atoms with Crippen LogP contribution >= 0.6 is 0 Å². The highest BCUT2D eigenvalue weighted by molar-refractivity contribution is 5.82. The smallest absolute Gasteiger partial charge is 0.142 e. The van der Waals surface area contributed by atoms with E-state index in [1.54, 1.807) is 6.08 Å². The second kappa shape index (κ2) is 4.42. The Morgan fingerprint density at radius 3 is 2.73 bits per heavy atom. The zero-order chi connectivity index (χ0) is 10.5. The Bertz CT molecular complexity index is 487. The molecule has 0 radical (unpaired) electrons. The van der Waals surface area contributed by atoms with Crippen molar-refractivity contribution in [1.82, 2.24) is 4.98 Å². The third-order valence-corrected chi connectivity index (χ3v) is 2.13. The van der Waals surface area contributed by atoms with Crippen molar-refractivity contribution in [3.8, 4) is 0 Å². The van der Waals surface area contributed by atoms with Gasteiger partial charge in [0.15, 0.2) is 0 Å². The first-order valence-electron chi connectivity index (χ1n) is 4.76. The number of aldehydes is 1. The molecular weight excluding hydrogens is 186 g/mol. The van der Waals surface area contributed by atoms with Crippen LogP contribution in [0.15, 0.2) is 48.6 Å². The van der Waals surface area contributed by atoms with Gasteiger partial charge in [0.2, 0.25) is 0 Å². The quantitative estimate of drug-likeness (QED) is 0.458. The van der Waals surface area contributed by atoms with E-state index in [0.717, 1.165) is 17.5 Å². The summed E-state index contributed by atoms with van der Waals surface area (Å²) in [6.07, 6.45) is 7.69. The molecule has 2 nitrogen and oxygen atoms in total. The van der Waals surface area contributed by atoms with Crippen molar-refractivity contribution in [3.05, 3.63) is 54.3 Å². The number of H-pyrrole nitrogens is 1. The molecule has 0 fully saturated rings. The van der Waals surface area contributed by atoms with Crippen LogP contribution in [0.1, 0.15) is 5.69 Å². The fraction of sp³-hybridized carbons (Fsp3) is 0. The van der Waals surface area contributed by atoms with Gasteiger partial charge >= 0.3 is 0 Å². The summed E-state index contributed by atoms with van der Waals surface area (Å²) in [5.74, 6) is 0. The average molecular weight is 197 g/mol. The molecule has 0 amide bonds. The molecular formula is C13H11NO. The molecule has 0 spiro atoms. The van der Waals surface area contributed by atoms with Crippen molar-refractivity contribution >= 4 is 23.3 Å². The molecule has 1 N–H and O–H groups in total. The number of carbonyl (C=O) groups excluding carboxylic acids is 1. The second-order valence-corrected chi connectivity index (χ2v) is 3.19. The lowest BCUT2D eigenvalue weighted by Crippen LogP contribution is -1.67. The maximum Gasteiger partial charge on any atom is 0.142 e. The van der Waals surface area contributed by atoms with Crippen molar-refractivity contribution < 1.29 is 4.79 Å². The van der Waals surface area contributed by atoms with E-state index in [0.29, 0.717) is 0 Å². The van der Waals surface area contributed by atoms with Crippen LogP contribution in [0, 0.1) is 0 Å². The number of nitrogens with one attached hydrogen (secondary N) is 1. The predicted octanol–water partition coefficient (Wildman–Crippen LogP) is 2.94. The number of carbonyl (C=O) groups is 1. The summed E-state index contributed by atoms with van der Waals surface area (Å²) in [6, 6.07) is 10.2. The first kappa shape index (κ1) is 9.46. The van der Waals surface area contributed by atoms with Crippen molar-refractivity contribution in [2.45, 2.75) is 0 Å².